The van der Waals surface area contributed by atoms with Gasteiger partial charge in [0.25, 0.3) is 0 Å². The number of piperazine rings is 1. The lowest BCUT2D eigenvalue weighted by molar-refractivity contribution is 0.0992. The molecule has 0 aliphatic carbocycles. The summed E-state index contributed by atoms with van der Waals surface area (Å²) in [4.78, 5) is 22.2. The summed E-state index contributed by atoms with van der Waals surface area (Å²) in [5.74, 6) is 1.10. The van der Waals surface area contributed by atoms with Crippen molar-refractivity contribution in [3.8, 4) is 0 Å². The first kappa shape index (κ1) is 19.6. The number of hydrogen-bond donors (Lipinski definition) is 0. The van der Waals surface area contributed by atoms with Crippen LogP contribution in [0.15, 0.2) is 42.6 Å². The number of aromatic nitrogens is 3. The Morgan fingerprint density at radius 2 is 1.72 bits per heavy atom. The van der Waals surface area contributed by atoms with E-state index in [-0.39, 0.29) is 17.6 Å². The number of Topliss-reactive ketones (excluding diaryl/α,β-unsaturated/α-hetero) is 1. The molecule has 0 bridgehead atoms. The molecule has 2 aromatic heterocycles. The van der Waals surface area contributed by atoms with Crippen molar-refractivity contribution in [3.63, 3.8) is 0 Å². The van der Waals surface area contributed by atoms with Crippen LogP contribution in [0, 0.1) is 0 Å². The lowest BCUT2D eigenvalue weighted by Crippen LogP contribution is -2.45. The summed E-state index contributed by atoms with van der Waals surface area (Å²) in [5.41, 5.74) is 3.61. The number of benzene rings is 1. The Bertz CT molecular complexity index is 1010. The Morgan fingerprint density at radius 1 is 1.03 bits per heavy atom. The van der Waals surface area contributed by atoms with Gasteiger partial charge in [0.15, 0.2) is 11.4 Å². The van der Waals surface area contributed by atoms with Gasteiger partial charge in [-0.15, -0.1) is 0 Å². The monoisotopic (exact) mass is 391 g/mol. The van der Waals surface area contributed by atoms with E-state index in [0.717, 1.165) is 48.9 Å². The first-order valence-corrected chi connectivity index (χ1v) is 10.2. The Balaban J connectivity index is 1.58. The molecule has 0 saturated carbocycles. The number of ketones is 1. The molecule has 29 heavy (non-hydrogen) atoms. The highest BCUT2D eigenvalue weighted by molar-refractivity contribution is 5.97. The van der Waals surface area contributed by atoms with E-state index in [1.807, 2.05) is 28.8 Å². The molecule has 0 spiro atoms. The smallest absolute Gasteiger partial charge is 0.168 e. The van der Waals surface area contributed by atoms with Gasteiger partial charge < -0.3 is 9.80 Å². The van der Waals surface area contributed by atoms with E-state index >= 15 is 0 Å². The van der Waals surface area contributed by atoms with Gasteiger partial charge in [-0.05, 0) is 18.0 Å². The molecule has 0 N–H and O–H groups in total. The van der Waals surface area contributed by atoms with Gasteiger partial charge >= 0.3 is 0 Å². The molecule has 152 valence electrons. The number of nitrogens with zero attached hydrogens (tertiary/aromatic N) is 5. The number of carbonyl (C=O) groups excluding carboxylic acids is 1. The summed E-state index contributed by atoms with van der Waals surface area (Å²) in [6.45, 7) is 10.4. The van der Waals surface area contributed by atoms with Gasteiger partial charge in [-0.25, -0.2) is 4.98 Å². The maximum atomic E-state index is 12.9. The van der Waals surface area contributed by atoms with Crippen molar-refractivity contribution in [2.75, 3.05) is 38.1 Å². The minimum atomic E-state index is 0.0770. The molecular weight excluding hydrogens is 362 g/mol. The zero-order chi connectivity index (χ0) is 20.6. The van der Waals surface area contributed by atoms with Gasteiger partial charge in [0.2, 0.25) is 0 Å². The fourth-order valence-electron chi connectivity index (χ4n) is 3.72. The topological polar surface area (TPSA) is 53.7 Å². The third kappa shape index (κ3) is 4.17. The predicted octanol–water partition coefficient (Wildman–Crippen LogP) is 3.20. The van der Waals surface area contributed by atoms with E-state index in [1.165, 1.54) is 5.56 Å². The van der Waals surface area contributed by atoms with Crippen LogP contribution in [0.2, 0.25) is 0 Å². The first-order chi connectivity index (χ1) is 13.8. The highest BCUT2D eigenvalue weighted by Gasteiger charge is 2.20. The third-order valence-electron chi connectivity index (χ3n) is 5.64. The molecule has 1 aliphatic heterocycles. The van der Waals surface area contributed by atoms with E-state index < -0.39 is 0 Å². The highest BCUT2D eigenvalue weighted by Crippen LogP contribution is 2.23. The molecule has 1 fully saturated rings. The number of anilines is 1. The van der Waals surface area contributed by atoms with Crippen molar-refractivity contribution in [1.29, 1.82) is 0 Å². The lowest BCUT2D eigenvalue weighted by Gasteiger charge is -2.34. The maximum absolute atomic E-state index is 12.9. The van der Waals surface area contributed by atoms with E-state index in [4.69, 9.17) is 0 Å². The van der Waals surface area contributed by atoms with Crippen LogP contribution in [0.4, 0.5) is 5.82 Å². The Labute approximate surface area is 172 Å². The Hall–Kier alpha value is -2.73. The zero-order valence-corrected chi connectivity index (χ0v) is 17.7. The van der Waals surface area contributed by atoms with Crippen LogP contribution in [0.3, 0.4) is 0 Å². The molecule has 6 heteroatoms. The normalized spacial score (nSPS) is 15.8. The van der Waals surface area contributed by atoms with Crippen molar-refractivity contribution in [3.05, 3.63) is 59.4 Å². The van der Waals surface area contributed by atoms with Gasteiger partial charge in [0, 0.05) is 43.9 Å². The second-order valence-electron chi connectivity index (χ2n) is 8.92. The maximum Gasteiger partial charge on any atom is 0.168 e. The van der Waals surface area contributed by atoms with Gasteiger partial charge in [0.1, 0.15) is 5.82 Å². The molecule has 0 amide bonds. The number of fused-ring (bicyclic) bond motifs is 1. The molecular formula is C23H29N5O. The van der Waals surface area contributed by atoms with Crippen LogP contribution < -0.4 is 4.90 Å². The average molecular weight is 392 g/mol. The van der Waals surface area contributed by atoms with Gasteiger partial charge in [-0.2, -0.15) is 9.61 Å². The number of hydrogen-bond acceptors (Lipinski definition) is 5. The predicted molar refractivity (Wildman–Crippen MR) is 116 cm³/mol. The van der Waals surface area contributed by atoms with Gasteiger partial charge in [-0.3, -0.25) is 4.79 Å². The zero-order valence-electron chi connectivity index (χ0n) is 17.7. The summed E-state index contributed by atoms with van der Waals surface area (Å²) in [6, 6.07) is 11.9. The minimum Gasteiger partial charge on any atom is -0.354 e. The first-order valence-electron chi connectivity index (χ1n) is 10.2. The summed E-state index contributed by atoms with van der Waals surface area (Å²) >= 11 is 0. The number of carbonyl (C=O) groups is 1. The van der Waals surface area contributed by atoms with Crippen molar-refractivity contribution in [2.45, 2.75) is 32.6 Å². The molecule has 0 atom stereocenters. The number of likely N-dealkylation sites (N-methyl/N-ethyl adjacent to an activating group) is 1. The van der Waals surface area contributed by atoms with Crippen LogP contribution in [0.5, 0.6) is 0 Å². The van der Waals surface area contributed by atoms with Crippen LogP contribution in [-0.4, -0.2) is 58.5 Å². The number of rotatable bonds is 4. The molecule has 4 rings (SSSR count). The van der Waals surface area contributed by atoms with E-state index in [0.29, 0.717) is 0 Å². The van der Waals surface area contributed by atoms with Crippen molar-refractivity contribution < 1.29 is 4.79 Å². The fourth-order valence-corrected chi connectivity index (χ4v) is 3.72. The summed E-state index contributed by atoms with van der Waals surface area (Å²) < 4.78 is 1.87. The van der Waals surface area contributed by atoms with Gasteiger partial charge in [0.05, 0.1) is 18.3 Å². The lowest BCUT2D eigenvalue weighted by atomic mass is 9.86. The summed E-state index contributed by atoms with van der Waals surface area (Å²) in [7, 11) is 2.14. The van der Waals surface area contributed by atoms with Gasteiger partial charge in [-0.1, -0.05) is 45.0 Å². The molecule has 6 nitrogen and oxygen atoms in total. The minimum absolute atomic E-state index is 0.0770. The third-order valence-corrected chi connectivity index (χ3v) is 5.64. The van der Waals surface area contributed by atoms with Crippen LogP contribution in [0.1, 0.15) is 42.4 Å². The molecule has 3 heterocycles. The van der Waals surface area contributed by atoms with Crippen molar-refractivity contribution >= 4 is 17.2 Å². The van der Waals surface area contributed by atoms with Crippen LogP contribution >= 0.6 is 0 Å². The van der Waals surface area contributed by atoms with E-state index in [1.54, 1.807) is 6.20 Å². The Kier molecular flexibility index (Phi) is 5.13. The molecule has 1 aliphatic rings. The second-order valence-corrected chi connectivity index (χ2v) is 8.92. The van der Waals surface area contributed by atoms with E-state index in [9.17, 15) is 4.79 Å². The van der Waals surface area contributed by atoms with Crippen molar-refractivity contribution in [2.24, 2.45) is 0 Å². The van der Waals surface area contributed by atoms with Crippen LogP contribution in [-0.2, 0) is 11.8 Å². The van der Waals surface area contributed by atoms with E-state index in [2.05, 4.69) is 59.8 Å². The Morgan fingerprint density at radius 3 is 2.38 bits per heavy atom. The summed E-state index contributed by atoms with van der Waals surface area (Å²) in [6.07, 6.45) is 2.05. The second kappa shape index (κ2) is 7.59. The largest absolute Gasteiger partial charge is 0.354 e. The molecule has 0 unspecified atom stereocenters. The summed E-state index contributed by atoms with van der Waals surface area (Å²) in [5, 5.41) is 4.44. The van der Waals surface area contributed by atoms with Crippen LogP contribution in [0.25, 0.3) is 5.65 Å². The fraction of sp³-hybridized carbons (Fsp3) is 0.435. The SMILES string of the molecule is CN1CCN(c2cc(CC(=O)c3ccc(C(C)(C)C)cc3)nc3ccnn23)CC1. The molecule has 0 radical (unpaired) electrons. The quantitative estimate of drug-likeness (QED) is 0.639. The average Bonchev–Trinajstić information content (AvgIpc) is 3.16. The highest BCUT2D eigenvalue weighted by atomic mass is 16.1. The molecule has 3 aromatic rings. The molecule has 1 saturated heterocycles. The standard InChI is InChI=1S/C23H29N5O/c1-23(2,3)18-7-5-17(6-8-18)20(29)15-19-16-22(27-13-11-26(4)12-14-27)28-21(25-19)9-10-24-28/h5-10,16H,11-15H2,1-4H3. The van der Waals surface area contributed by atoms with Crippen molar-refractivity contribution in [1.82, 2.24) is 19.5 Å². The molecule has 1 aromatic carbocycles.